The Kier molecular flexibility index (Phi) is 6.35. The van der Waals surface area contributed by atoms with Gasteiger partial charge in [-0.2, -0.15) is 4.31 Å². The van der Waals surface area contributed by atoms with Crippen molar-refractivity contribution in [3.8, 4) is 0 Å². The van der Waals surface area contributed by atoms with Crippen LogP contribution < -0.4 is 0 Å². The van der Waals surface area contributed by atoms with E-state index in [0.29, 0.717) is 13.0 Å². The van der Waals surface area contributed by atoms with Gasteiger partial charge in [0.2, 0.25) is 15.9 Å². The molecule has 3 rings (SSSR count). The monoisotopic (exact) mass is 378 g/mol. The predicted molar refractivity (Wildman–Crippen MR) is 102 cm³/mol. The van der Waals surface area contributed by atoms with E-state index in [2.05, 4.69) is 0 Å². The molecule has 0 bridgehead atoms. The van der Waals surface area contributed by atoms with Gasteiger partial charge in [0.15, 0.2) is 0 Å². The largest absolute Gasteiger partial charge is 0.341 e. The lowest BCUT2D eigenvalue weighted by Gasteiger charge is -2.38. The molecule has 1 amide bonds. The van der Waals surface area contributed by atoms with Crippen molar-refractivity contribution in [2.75, 3.05) is 13.6 Å². The van der Waals surface area contributed by atoms with Gasteiger partial charge >= 0.3 is 0 Å². The first-order valence-corrected chi connectivity index (χ1v) is 11.3. The Morgan fingerprint density at radius 3 is 2.23 bits per heavy atom. The van der Waals surface area contributed by atoms with Crippen molar-refractivity contribution in [3.05, 3.63) is 30.3 Å². The number of carbonyl (C=O) groups excluding carboxylic acids is 1. The summed E-state index contributed by atoms with van der Waals surface area (Å²) in [4.78, 5) is 15.3. The van der Waals surface area contributed by atoms with Crippen LogP contribution in [0.2, 0.25) is 0 Å². The minimum absolute atomic E-state index is 0.0314. The Morgan fingerprint density at radius 1 is 0.962 bits per heavy atom. The summed E-state index contributed by atoms with van der Waals surface area (Å²) in [5, 5.41) is 0. The molecular weight excluding hydrogens is 348 g/mol. The van der Waals surface area contributed by atoms with Crippen LogP contribution in [-0.2, 0) is 14.8 Å². The third-order valence-corrected chi connectivity index (χ3v) is 7.73. The molecule has 5 nitrogen and oxygen atoms in total. The molecule has 1 aromatic carbocycles. The van der Waals surface area contributed by atoms with Gasteiger partial charge in [0.05, 0.1) is 4.90 Å². The van der Waals surface area contributed by atoms with Crippen molar-refractivity contribution in [1.82, 2.24) is 9.21 Å². The topological polar surface area (TPSA) is 57.7 Å². The van der Waals surface area contributed by atoms with Crippen LogP contribution in [0.1, 0.15) is 57.8 Å². The highest BCUT2D eigenvalue weighted by Crippen LogP contribution is 2.28. The van der Waals surface area contributed by atoms with Gasteiger partial charge < -0.3 is 4.90 Å². The van der Waals surface area contributed by atoms with Crippen molar-refractivity contribution in [1.29, 1.82) is 0 Å². The van der Waals surface area contributed by atoms with Crippen molar-refractivity contribution in [2.24, 2.45) is 0 Å². The maximum atomic E-state index is 13.2. The molecule has 1 saturated heterocycles. The third kappa shape index (κ3) is 4.12. The van der Waals surface area contributed by atoms with E-state index in [1.54, 1.807) is 30.3 Å². The van der Waals surface area contributed by atoms with Gasteiger partial charge in [0, 0.05) is 19.6 Å². The van der Waals surface area contributed by atoms with E-state index in [1.807, 2.05) is 11.9 Å². The molecule has 1 atom stereocenters. The van der Waals surface area contributed by atoms with Crippen molar-refractivity contribution in [3.63, 3.8) is 0 Å². The van der Waals surface area contributed by atoms with E-state index in [0.717, 1.165) is 38.5 Å². The molecule has 1 saturated carbocycles. The molecule has 144 valence electrons. The molecular formula is C20H30N2O3S. The molecule has 1 unspecified atom stereocenters. The molecule has 2 aliphatic rings. The highest BCUT2D eigenvalue weighted by Gasteiger charge is 2.39. The summed E-state index contributed by atoms with van der Waals surface area (Å²) in [6, 6.07) is 8.16. The summed E-state index contributed by atoms with van der Waals surface area (Å²) in [5.41, 5.74) is 0. The van der Waals surface area contributed by atoms with E-state index in [1.165, 1.54) is 17.1 Å². The molecule has 6 heteroatoms. The number of hydrogen-bond acceptors (Lipinski definition) is 3. The number of sulfonamides is 1. The molecule has 1 aromatic rings. The fraction of sp³-hybridized carbons (Fsp3) is 0.650. The van der Waals surface area contributed by atoms with Crippen LogP contribution in [-0.4, -0.2) is 49.2 Å². The van der Waals surface area contributed by atoms with Crippen LogP contribution in [0.5, 0.6) is 0 Å². The fourth-order valence-electron chi connectivity index (χ4n) is 4.23. The number of rotatable bonds is 4. The number of likely N-dealkylation sites (N-methyl/N-ethyl adjacent to an activating group) is 1. The van der Waals surface area contributed by atoms with Crippen LogP contribution in [0.3, 0.4) is 0 Å². The van der Waals surface area contributed by atoms with E-state index in [9.17, 15) is 13.2 Å². The van der Waals surface area contributed by atoms with E-state index in [4.69, 9.17) is 0 Å². The van der Waals surface area contributed by atoms with Gasteiger partial charge in [0.25, 0.3) is 0 Å². The lowest BCUT2D eigenvalue weighted by Crippen LogP contribution is -2.54. The van der Waals surface area contributed by atoms with Crippen LogP contribution >= 0.6 is 0 Å². The molecule has 0 radical (unpaired) electrons. The van der Waals surface area contributed by atoms with E-state index >= 15 is 0 Å². The first-order chi connectivity index (χ1) is 12.5. The standard InChI is InChI=1S/C20H30N2O3S/c1-21(17-11-5-2-3-6-12-17)20(23)19-15-9-10-16-22(19)26(24,25)18-13-7-4-8-14-18/h4,7-8,13-14,17,19H,2-3,5-6,9-12,15-16H2,1H3. The average Bonchev–Trinajstić information content (AvgIpc) is 2.97. The molecule has 0 aromatic heterocycles. The molecule has 1 heterocycles. The normalized spacial score (nSPS) is 23.3. The lowest BCUT2D eigenvalue weighted by molar-refractivity contribution is -0.137. The number of amides is 1. The fourth-order valence-corrected chi connectivity index (χ4v) is 5.90. The first kappa shape index (κ1) is 19.4. The zero-order valence-electron chi connectivity index (χ0n) is 15.6. The van der Waals surface area contributed by atoms with Crippen LogP contribution in [0.15, 0.2) is 35.2 Å². The minimum Gasteiger partial charge on any atom is -0.341 e. The van der Waals surface area contributed by atoms with Crippen LogP contribution in [0.25, 0.3) is 0 Å². The molecule has 26 heavy (non-hydrogen) atoms. The number of nitrogens with zero attached hydrogens (tertiary/aromatic N) is 2. The van der Waals surface area contributed by atoms with E-state index < -0.39 is 16.1 Å². The second-order valence-corrected chi connectivity index (χ2v) is 9.43. The van der Waals surface area contributed by atoms with Gasteiger partial charge in [-0.15, -0.1) is 0 Å². The molecule has 0 spiro atoms. The van der Waals surface area contributed by atoms with Crippen LogP contribution in [0.4, 0.5) is 0 Å². The van der Waals surface area contributed by atoms with Crippen molar-refractivity contribution < 1.29 is 13.2 Å². The maximum Gasteiger partial charge on any atom is 0.243 e. The molecule has 2 fully saturated rings. The van der Waals surface area contributed by atoms with Gasteiger partial charge in [-0.1, -0.05) is 50.3 Å². The number of piperidine rings is 1. The van der Waals surface area contributed by atoms with Gasteiger partial charge in [-0.3, -0.25) is 4.79 Å². The maximum absolute atomic E-state index is 13.2. The number of hydrogen-bond donors (Lipinski definition) is 0. The summed E-state index contributed by atoms with van der Waals surface area (Å²) >= 11 is 0. The Labute approximate surface area is 157 Å². The summed E-state index contributed by atoms with van der Waals surface area (Å²) < 4.78 is 27.7. The smallest absolute Gasteiger partial charge is 0.243 e. The third-order valence-electron chi connectivity index (χ3n) is 5.81. The highest BCUT2D eigenvalue weighted by atomic mass is 32.2. The van der Waals surface area contributed by atoms with Crippen molar-refractivity contribution in [2.45, 2.75) is 74.8 Å². The number of benzene rings is 1. The minimum atomic E-state index is -3.64. The zero-order valence-corrected chi connectivity index (χ0v) is 16.5. The Morgan fingerprint density at radius 2 is 1.58 bits per heavy atom. The Balaban J connectivity index is 1.81. The summed E-state index contributed by atoms with van der Waals surface area (Å²) in [6.45, 7) is 0.423. The van der Waals surface area contributed by atoms with E-state index in [-0.39, 0.29) is 16.8 Å². The summed E-state index contributed by atoms with van der Waals surface area (Å²) in [5.74, 6) is -0.0314. The van der Waals surface area contributed by atoms with Crippen molar-refractivity contribution >= 4 is 15.9 Å². The number of carbonyl (C=O) groups is 1. The Bertz CT molecular complexity index is 697. The predicted octanol–water partition coefficient (Wildman–Crippen LogP) is 3.41. The Hall–Kier alpha value is -1.40. The highest BCUT2D eigenvalue weighted by molar-refractivity contribution is 7.89. The summed E-state index contributed by atoms with van der Waals surface area (Å²) in [6.07, 6.45) is 9.15. The van der Waals surface area contributed by atoms with Crippen LogP contribution in [0, 0.1) is 0 Å². The molecule has 1 aliphatic heterocycles. The van der Waals surface area contributed by atoms with Gasteiger partial charge in [0.1, 0.15) is 6.04 Å². The molecule has 0 N–H and O–H groups in total. The second kappa shape index (κ2) is 8.53. The SMILES string of the molecule is CN(C(=O)C1CCCCN1S(=O)(=O)c1ccccc1)C1CCCCCC1. The first-order valence-electron chi connectivity index (χ1n) is 9.85. The lowest BCUT2D eigenvalue weighted by atomic mass is 10.0. The molecule has 1 aliphatic carbocycles. The second-order valence-electron chi connectivity index (χ2n) is 7.53. The zero-order chi connectivity index (χ0) is 18.6. The quantitative estimate of drug-likeness (QED) is 0.755. The summed E-state index contributed by atoms with van der Waals surface area (Å²) in [7, 11) is -1.78. The average molecular weight is 379 g/mol. The van der Waals surface area contributed by atoms with Gasteiger partial charge in [-0.25, -0.2) is 8.42 Å². The van der Waals surface area contributed by atoms with Gasteiger partial charge in [-0.05, 0) is 37.8 Å².